The van der Waals surface area contributed by atoms with Crippen molar-refractivity contribution in [2.75, 3.05) is 0 Å². The smallest absolute Gasteiger partial charge is 0.258 e. The van der Waals surface area contributed by atoms with Crippen molar-refractivity contribution in [2.24, 2.45) is 0 Å². The lowest BCUT2D eigenvalue weighted by molar-refractivity contribution is -0.384. The molecule has 0 aliphatic rings. The zero-order chi connectivity index (χ0) is 12.5. The van der Waals surface area contributed by atoms with Gasteiger partial charge in [-0.05, 0) is 52.2 Å². The molecule has 0 fully saturated rings. The van der Waals surface area contributed by atoms with Gasteiger partial charge in [-0.1, -0.05) is 6.07 Å². The number of rotatable bonds is 2. The van der Waals surface area contributed by atoms with Gasteiger partial charge in [-0.3, -0.25) is 10.1 Å². The predicted molar refractivity (Wildman–Crippen MR) is 73.9 cm³/mol. The molecule has 1 aromatic heterocycles. The summed E-state index contributed by atoms with van der Waals surface area (Å²) < 4.78 is 1.25. The number of nitro groups is 1. The van der Waals surface area contributed by atoms with Gasteiger partial charge in [0.1, 0.15) is 0 Å². The van der Waals surface area contributed by atoms with Crippen LogP contribution in [0.5, 0.6) is 0 Å². The van der Waals surface area contributed by atoms with Crippen molar-refractivity contribution >= 4 is 27.1 Å². The molecule has 0 aliphatic carbocycles. The standard InChI is InChI=1S/C14H9NO2S/c16-15(17)13-4-1-10(2-5-13)11-3-6-14-12(9-11)7-8-18-14/h1-9H. The molecule has 0 unspecified atom stereocenters. The van der Waals surface area contributed by atoms with Crippen LogP contribution >= 0.6 is 11.3 Å². The highest BCUT2D eigenvalue weighted by Gasteiger charge is 2.05. The SMILES string of the molecule is O=[N+]([O-])c1ccc(-c2ccc3sccc3c2)cc1. The van der Waals surface area contributed by atoms with E-state index in [0.717, 1.165) is 11.1 Å². The van der Waals surface area contributed by atoms with Crippen LogP contribution in [0.1, 0.15) is 0 Å². The molecule has 0 atom stereocenters. The van der Waals surface area contributed by atoms with E-state index in [4.69, 9.17) is 0 Å². The average molecular weight is 255 g/mol. The van der Waals surface area contributed by atoms with Crippen molar-refractivity contribution in [1.82, 2.24) is 0 Å². The van der Waals surface area contributed by atoms with Crippen molar-refractivity contribution in [1.29, 1.82) is 0 Å². The normalized spacial score (nSPS) is 10.7. The Morgan fingerprint density at radius 1 is 0.944 bits per heavy atom. The van der Waals surface area contributed by atoms with Crippen LogP contribution in [0, 0.1) is 10.1 Å². The van der Waals surface area contributed by atoms with E-state index in [1.165, 1.54) is 22.2 Å². The Bertz CT molecular complexity index is 716. The van der Waals surface area contributed by atoms with Gasteiger partial charge in [-0.25, -0.2) is 0 Å². The number of nitrogens with zero attached hydrogens (tertiary/aromatic N) is 1. The molecular formula is C14H9NO2S. The summed E-state index contributed by atoms with van der Waals surface area (Å²) >= 11 is 1.71. The molecule has 0 aliphatic heterocycles. The largest absolute Gasteiger partial charge is 0.269 e. The Morgan fingerprint density at radius 2 is 1.67 bits per heavy atom. The molecule has 88 valence electrons. The molecule has 0 N–H and O–H groups in total. The van der Waals surface area contributed by atoms with Gasteiger partial charge in [0, 0.05) is 16.8 Å². The Labute approximate surface area is 107 Å². The molecule has 4 heteroatoms. The fourth-order valence-electron chi connectivity index (χ4n) is 1.92. The summed E-state index contributed by atoms with van der Waals surface area (Å²) in [6.07, 6.45) is 0. The predicted octanol–water partition coefficient (Wildman–Crippen LogP) is 4.48. The first-order valence-electron chi connectivity index (χ1n) is 5.46. The topological polar surface area (TPSA) is 43.1 Å². The molecule has 3 aromatic rings. The van der Waals surface area contributed by atoms with Crippen molar-refractivity contribution in [2.45, 2.75) is 0 Å². The lowest BCUT2D eigenvalue weighted by Gasteiger charge is -2.01. The molecule has 3 nitrogen and oxygen atoms in total. The van der Waals surface area contributed by atoms with Gasteiger partial charge < -0.3 is 0 Å². The molecular weight excluding hydrogens is 246 g/mol. The maximum atomic E-state index is 10.6. The molecule has 0 amide bonds. The van der Waals surface area contributed by atoms with Crippen molar-refractivity contribution in [3.05, 3.63) is 64.0 Å². The number of nitro benzene ring substituents is 1. The third-order valence-electron chi connectivity index (χ3n) is 2.86. The van der Waals surface area contributed by atoms with Gasteiger partial charge in [0.05, 0.1) is 4.92 Å². The van der Waals surface area contributed by atoms with Crippen LogP contribution in [-0.4, -0.2) is 4.92 Å². The summed E-state index contributed by atoms with van der Waals surface area (Å²) in [7, 11) is 0. The summed E-state index contributed by atoms with van der Waals surface area (Å²) in [6.45, 7) is 0. The lowest BCUT2D eigenvalue weighted by Crippen LogP contribution is -1.87. The van der Waals surface area contributed by atoms with Crippen LogP contribution in [-0.2, 0) is 0 Å². The molecule has 0 saturated carbocycles. The first-order chi connectivity index (χ1) is 8.74. The van der Waals surface area contributed by atoms with Crippen molar-refractivity contribution in [3.63, 3.8) is 0 Å². The number of benzene rings is 2. The molecule has 1 heterocycles. The van der Waals surface area contributed by atoms with Crippen LogP contribution in [0.3, 0.4) is 0 Å². The van der Waals surface area contributed by atoms with Crippen LogP contribution < -0.4 is 0 Å². The van der Waals surface area contributed by atoms with Gasteiger partial charge in [0.15, 0.2) is 0 Å². The fraction of sp³-hybridized carbons (Fsp3) is 0. The van der Waals surface area contributed by atoms with Crippen LogP contribution in [0.15, 0.2) is 53.9 Å². The van der Waals surface area contributed by atoms with Crippen LogP contribution in [0.4, 0.5) is 5.69 Å². The Morgan fingerprint density at radius 3 is 2.39 bits per heavy atom. The molecule has 0 saturated heterocycles. The summed E-state index contributed by atoms with van der Waals surface area (Å²) in [5.74, 6) is 0. The first kappa shape index (κ1) is 10.9. The summed E-state index contributed by atoms with van der Waals surface area (Å²) in [5, 5.41) is 13.9. The quantitative estimate of drug-likeness (QED) is 0.500. The first-order valence-corrected chi connectivity index (χ1v) is 6.34. The average Bonchev–Trinajstić information content (AvgIpc) is 2.86. The van der Waals surface area contributed by atoms with E-state index in [1.807, 2.05) is 6.07 Å². The minimum Gasteiger partial charge on any atom is -0.258 e. The third-order valence-corrected chi connectivity index (χ3v) is 3.76. The van der Waals surface area contributed by atoms with Crippen molar-refractivity contribution in [3.8, 4) is 11.1 Å². The fourth-order valence-corrected chi connectivity index (χ4v) is 2.69. The van der Waals surface area contributed by atoms with E-state index in [0.29, 0.717) is 0 Å². The monoisotopic (exact) mass is 255 g/mol. The second-order valence-electron chi connectivity index (χ2n) is 3.98. The Kier molecular flexibility index (Phi) is 2.57. The van der Waals surface area contributed by atoms with Crippen molar-refractivity contribution < 1.29 is 4.92 Å². The highest BCUT2D eigenvalue weighted by Crippen LogP contribution is 2.28. The Hall–Kier alpha value is -2.20. The number of thiophene rings is 1. The van der Waals surface area contributed by atoms with Gasteiger partial charge in [-0.15, -0.1) is 11.3 Å². The minimum absolute atomic E-state index is 0.121. The maximum Gasteiger partial charge on any atom is 0.269 e. The van der Waals surface area contributed by atoms with Gasteiger partial charge >= 0.3 is 0 Å². The van der Waals surface area contributed by atoms with E-state index in [-0.39, 0.29) is 10.6 Å². The summed E-state index contributed by atoms with van der Waals surface area (Å²) in [4.78, 5) is 10.2. The molecule has 18 heavy (non-hydrogen) atoms. The third kappa shape index (κ3) is 1.87. The van der Waals surface area contributed by atoms with E-state index < -0.39 is 0 Å². The van der Waals surface area contributed by atoms with Gasteiger partial charge in [-0.2, -0.15) is 0 Å². The molecule has 2 aromatic carbocycles. The second-order valence-corrected chi connectivity index (χ2v) is 4.92. The number of fused-ring (bicyclic) bond motifs is 1. The molecule has 0 radical (unpaired) electrons. The maximum absolute atomic E-state index is 10.6. The minimum atomic E-state index is -0.383. The zero-order valence-electron chi connectivity index (χ0n) is 9.37. The van der Waals surface area contributed by atoms with E-state index in [1.54, 1.807) is 23.5 Å². The lowest BCUT2D eigenvalue weighted by atomic mass is 10.0. The second kappa shape index (κ2) is 4.23. The van der Waals surface area contributed by atoms with Crippen LogP contribution in [0.25, 0.3) is 21.2 Å². The summed E-state index contributed by atoms with van der Waals surface area (Å²) in [6, 6.07) is 14.9. The zero-order valence-corrected chi connectivity index (χ0v) is 10.2. The number of non-ortho nitro benzene ring substituents is 1. The van der Waals surface area contributed by atoms with Gasteiger partial charge in [0.2, 0.25) is 0 Å². The van der Waals surface area contributed by atoms with Gasteiger partial charge in [0.25, 0.3) is 5.69 Å². The number of hydrogen-bond acceptors (Lipinski definition) is 3. The molecule has 0 spiro atoms. The van der Waals surface area contributed by atoms with E-state index in [2.05, 4.69) is 23.6 Å². The van der Waals surface area contributed by atoms with E-state index in [9.17, 15) is 10.1 Å². The van der Waals surface area contributed by atoms with Crippen LogP contribution in [0.2, 0.25) is 0 Å². The highest BCUT2D eigenvalue weighted by molar-refractivity contribution is 7.17. The summed E-state index contributed by atoms with van der Waals surface area (Å²) in [5.41, 5.74) is 2.19. The Balaban J connectivity index is 2.05. The molecule has 3 rings (SSSR count). The number of hydrogen-bond donors (Lipinski definition) is 0. The molecule has 0 bridgehead atoms. The van der Waals surface area contributed by atoms with E-state index >= 15 is 0 Å². The highest BCUT2D eigenvalue weighted by atomic mass is 32.1.